The zero-order valence-corrected chi connectivity index (χ0v) is 12.3. The highest BCUT2D eigenvalue weighted by molar-refractivity contribution is 5.86. The maximum Gasteiger partial charge on any atom is 0.326 e. The van der Waals surface area contributed by atoms with E-state index in [9.17, 15) is 14.4 Å². The maximum atomic E-state index is 11.7. The summed E-state index contributed by atoms with van der Waals surface area (Å²) in [6, 6.07) is -1.97. The Kier molecular flexibility index (Phi) is 6.98. The molecule has 0 aromatic rings. The third kappa shape index (κ3) is 6.46. The molecule has 7 heteroatoms. The van der Waals surface area contributed by atoms with E-state index in [1.54, 1.807) is 0 Å². The van der Waals surface area contributed by atoms with Crippen LogP contribution in [0.5, 0.6) is 0 Å². The molecule has 2 amide bonds. The largest absolute Gasteiger partial charge is 0.481 e. The summed E-state index contributed by atoms with van der Waals surface area (Å²) in [7, 11) is 0. The Balaban J connectivity index is 2.36. The smallest absolute Gasteiger partial charge is 0.326 e. The van der Waals surface area contributed by atoms with Crippen molar-refractivity contribution < 1.29 is 24.6 Å². The van der Waals surface area contributed by atoms with Crippen LogP contribution in [0.1, 0.15) is 51.9 Å². The SMILES string of the molecule is CCCC1CCC(NC(=O)NC(CC(=O)O)C(=O)O)CC1. The van der Waals surface area contributed by atoms with Crippen LogP contribution in [0, 0.1) is 5.92 Å². The Morgan fingerprint density at radius 3 is 2.24 bits per heavy atom. The summed E-state index contributed by atoms with van der Waals surface area (Å²) in [5, 5.41) is 22.4. The Morgan fingerprint density at radius 2 is 1.76 bits per heavy atom. The van der Waals surface area contributed by atoms with Gasteiger partial charge < -0.3 is 20.8 Å². The van der Waals surface area contributed by atoms with E-state index in [0.717, 1.165) is 31.6 Å². The van der Waals surface area contributed by atoms with Crippen LogP contribution in [0.3, 0.4) is 0 Å². The second kappa shape index (κ2) is 8.49. The van der Waals surface area contributed by atoms with Gasteiger partial charge in [0.15, 0.2) is 0 Å². The van der Waals surface area contributed by atoms with Crippen molar-refractivity contribution in [3.63, 3.8) is 0 Å². The zero-order valence-electron chi connectivity index (χ0n) is 12.3. The lowest BCUT2D eigenvalue weighted by Crippen LogP contribution is -2.50. The molecule has 0 saturated heterocycles. The lowest BCUT2D eigenvalue weighted by Gasteiger charge is -2.29. The number of hydrogen-bond acceptors (Lipinski definition) is 3. The molecule has 1 unspecified atom stereocenters. The highest BCUT2D eigenvalue weighted by Gasteiger charge is 2.26. The van der Waals surface area contributed by atoms with E-state index in [1.807, 2.05) is 0 Å². The highest BCUT2D eigenvalue weighted by Crippen LogP contribution is 2.27. The van der Waals surface area contributed by atoms with Crippen LogP contribution in [0.2, 0.25) is 0 Å². The quantitative estimate of drug-likeness (QED) is 0.569. The van der Waals surface area contributed by atoms with Crippen LogP contribution in [-0.4, -0.2) is 40.3 Å². The van der Waals surface area contributed by atoms with Crippen LogP contribution >= 0.6 is 0 Å². The lowest BCUT2D eigenvalue weighted by molar-refractivity contribution is -0.145. The molecule has 1 aliphatic rings. The van der Waals surface area contributed by atoms with Crippen molar-refractivity contribution in [2.45, 2.75) is 64.0 Å². The van der Waals surface area contributed by atoms with Crippen molar-refractivity contribution >= 4 is 18.0 Å². The van der Waals surface area contributed by atoms with E-state index in [-0.39, 0.29) is 6.04 Å². The molecule has 0 spiro atoms. The number of hydrogen-bond donors (Lipinski definition) is 4. The highest BCUT2D eigenvalue weighted by atomic mass is 16.4. The van der Waals surface area contributed by atoms with Gasteiger partial charge in [0.2, 0.25) is 0 Å². The second-order valence-corrected chi connectivity index (χ2v) is 5.61. The van der Waals surface area contributed by atoms with E-state index in [1.165, 1.54) is 12.8 Å². The first-order valence-electron chi connectivity index (χ1n) is 7.44. The number of urea groups is 1. The molecule has 0 aromatic carbocycles. The van der Waals surface area contributed by atoms with Crippen molar-refractivity contribution in [2.75, 3.05) is 0 Å². The molecular weight excluding hydrogens is 276 g/mol. The van der Waals surface area contributed by atoms with Crippen molar-refractivity contribution in [3.05, 3.63) is 0 Å². The van der Waals surface area contributed by atoms with E-state index in [4.69, 9.17) is 10.2 Å². The average molecular weight is 300 g/mol. The molecule has 1 fully saturated rings. The van der Waals surface area contributed by atoms with Gasteiger partial charge in [0.05, 0.1) is 6.42 Å². The van der Waals surface area contributed by atoms with Crippen molar-refractivity contribution in [3.8, 4) is 0 Å². The van der Waals surface area contributed by atoms with Crippen molar-refractivity contribution in [1.29, 1.82) is 0 Å². The topological polar surface area (TPSA) is 116 Å². The van der Waals surface area contributed by atoms with E-state index >= 15 is 0 Å². The van der Waals surface area contributed by atoms with Gasteiger partial charge in [-0.15, -0.1) is 0 Å². The summed E-state index contributed by atoms with van der Waals surface area (Å²) in [6.45, 7) is 2.16. The number of carboxylic acid groups (broad SMARTS) is 2. The number of carbonyl (C=O) groups excluding carboxylic acids is 1. The molecule has 7 nitrogen and oxygen atoms in total. The molecule has 0 radical (unpaired) electrons. The summed E-state index contributed by atoms with van der Waals surface area (Å²) in [4.78, 5) is 33.2. The molecule has 1 saturated carbocycles. The van der Waals surface area contributed by atoms with Crippen LogP contribution in [0.4, 0.5) is 4.79 Å². The first kappa shape index (κ1) is 17.3. The van der Waals surface area contributed by atoms with E-state index in [0.29, 0.717) is 0 Å². The minimum Gasteiger partial charge on any atom is -0.481 e. The summed E-state index contributed by atoms with van der Waals surface area (Å²) in [5.74, 6) is -1.89. The average Bonchev–Trinajstić information content (AvgIpc) is 2.40. The number of aliphatic carboxylic acids is 2. The fourth-order valence-corrected chi connectivity index (χ4v) is 2.76. The molecule has 120 valence electrons. The predicted molar refractivity (Wildman–Crippen MR) is 76.0 cm³/mol. The third-order valence-electron chi connectivity index (χ3n) is 3.86. The lowest BCUT2D eigenvalue weighted by atomic mass is 9.83. The third-order valence-corrected chi connectivity index (χ3v) is 3.86. The molecule has 0 heterocycles. The van der Waals surface area contributed by atoms with Gasteiger partial charge in [0.1, 0.15) is 6.04 Å². The van der Waals surface area contributed by atoms with E-state index < -0.39 is 30.4 Å². The maximum absolute atomic E-state index is 11.7. The zero-order chi connectivity index (χ0) is 15.8. The monoisotopic (exact) mass is 300 g/mol. The molecular formula is C14H24N2O5. The van der Waals surface area contributed by atoms with Gasteiger partial charge >= 0.3 is 18.0 Å². The number of amides is 2. The fraction of sp³-hybridized carbons (Fsp3) is 0.786. The molecule has 4 N–H and O–H groups in total. The van der Waals surface area contributed by atoms with Gasteiger partial charge in [0.25, 0.3) is 0 Å². The second-order valence-electron chi connectivity index (χ2n) is 5.61. The van der Waals surface area contributed by atoms with Crippen molar-refractivity contribution in [1.82, 2.24) is 10.6 Å². The van der Waals surface area contributed by atoms with Gasteiger partial charge in [0, 0.05) is 6.04 Å². The first-order chi connectivity index (χ1) is 9.92. The minimum absolute atomic E-state index is 0.0392. The molecule has 0 bridgehead atoms. The molecule has 1 rings (SSSR count). The number of carboxylic acids is 2. The van der Waals surface area contributed by atoms with Gasteiger partial charge in [-0.05, 0) is 31.6 Å². The number of nitrogens with one attached hydrogen (secondary N) is 2. The van der Waals surface area contributed by atoms with Crippen LogP contribution in [0.25, 0.3) is 0 Å². The number of carbonyl (C=O) groups is 3. The molecule has 1 atom stereocenters. The summed E-state index contributed by atoms with van der Waals surface area (Å²) in [5.41, 5.74) is 0. The summed E-state index contributed by atoms with van der Waals surface area (Å²) >= 11 is 0. The normalized spacial score (nSPS) is 23.1. The van der Waals surface area contributed by atoms with Gasteiger partial charge in [-0.3, -0.25) is 4.79 Å². The Bertz CT molecular complexity index is 378. The van der Waals surface area contributed by atoms with Crippen LogP contribution in [0.15, 0.2) is 0 Å². The minimum atomic E-state index is -1.40. The Hall–Kier alpha value is -1.79. The van der Waals surface area contributed by atoms with Gasteiger partial charge in [-0.25, -0.2) is 9.59 Å². The fourth-order valence-electron chi connectivity index (χ4n) is 2.76. The molecule has 21 heavy (non-hydrogen) atoms. The van der Waals surface area contributed by atoms with E-state index in [2.05, 4.69) is 17.6 Å². The summed E-state index contributed by atoms with van der Waals surface area (Å²) < 4.78 is 0. The summed E-state index contributed by atoms with van der Waals surface area (Å²) in [6.07, 6.45) is 5.64. The number of rotatable bonds is 7. The standard InChI is InChI=1S/C14H24N2O5/c1-2-3-9-4-6-10(7-5-9)15-14(21)16-11(13(19)20)8-12(17)18/h9-11H,2-8H2,1H3,(H,17,18)(H,19,20)(H2,15,16,21). The van der Waals surface area contributed by atoms with Gasteiger partial charge in [-0.2, -0.15) is 0 Å². The van der Waals surface area contributed by atoms with Crippen LogP contribution in [-0.2, 0) is 9.59 Å². The van der Waals surface area contributed by atoms with Crippen LogP contribution < -0.4 is 10.6 Å². The Morgan fingerprint density at radius 1 is 1.14 bits per heavy atom. The Labute approximate surface area is 124 Å². The predicted octanol–water partition coefficient (Wildman–Crippen LogP) is 1.57. The molecule has 0 aromatic heterocycles. The van der Waals surface area contributed by atoms with Crippen molar-refractivity contribution in [2.24, 2.45) is 5.92 Å². The molecule has 0 aliphatic heterocycles. The molecule has 1 aliphatic carbocycles. The van der Waals surface area contributed by atoms with Gasteiger partial charge in [-0.1, -0.05) is 19.8 Å². The first-order valence-corrected chi connectivity index (χ1v) is 7.44.